The highest BCUT2D eigenvalue weighted by atomic mass is 16.5. The van der Waals surface area contributed by atoms with Crippen LogP contribution in [0.5, 0.6) is 11.5 Å². The second-order valence-corrected chi connectivity index (χ2v) is 7.70. The summed E-state index contributed by atoms with van der Waals surface area (Å²) < 4.78 is 12.3. The fourth-order valence-corrected chi connectivity index (χ4v) is 3.97. The summed E-state index contributed by atoms with van der Waals surface area (Å²) in [6, 6.07) is 15.8. The maximum atomic E-state index is 12.9. The van der Waals surface area contributed by atoms with Gasteiger partial charge in [0.1, 0.15) is 17.3 Å². The Labute approximate surface area is 192 Å². The number of piperidine rings is 1. The summed E-state index contributed by atoms with van der Waals surface area (Å²) in [6.45, 7) is 1.21. The van der Waals surface area contributed by atoms with E-state index in [0.717, 1.165) is 12.8 Å². The predicted molar refractivity (Wildman–Crippen MR) is 125 cm³/mol. The minimum Gasteiger partial charge on any atom is -0.497 e. The van der Waals surface area contributed by atoms with E-state index in [4.69, 9.17) is 9.47 Å². The van der Waals surface area contributed by atoms with Gasteiger partial charge in [-0.25, -0.2) is 9.48 Å². The minimum absolute atomic E-state index is 0.0117. The summed E-state index contributed by atoms with van der Waals surface area (Å²) >= 11 is 0. The molecule has 1 saturated heterocycles. The van der Waals surface area contributed by atoms with E-state index < -0.39 is 0 Å². The zero-order valence-electron chi connectivity index (χ0n) is 18.7. The van der Waals surface area contributed by atoms with Crippen LogP contribution in [-0.4, -0.2) is 53.9 Å². The second kappa shape index (κ2) is 10.1. The number of benzene rings is 2. The van der Waals surface area contributed by atoms with Crippen molar-refractivity contribution in [3.8, 4) is 11.5 Å². The molecule has 2 N–H and O–H groups in total. The number of para-hydroxylation sites is 2. The number of carbonyl (C=O) groups excluding carboxylic acids is 2. The second-order valence-electron chi connectivity index (χ2n) is 7.70. The molecule has 0 saturated carbocycles. The molecule has 0 bridgehead atoms. The van der Waals surface area contributed by atoms with Gasteiger partial charge in [0.15, 0.2) is 0 Å². The van der Waals surface area contributed by atoms with Gasteiger partial charge in [-0.1, -0.05) is 18.2 Å². The summed E-state index contributed by atoms with van der Waals surface area (Å²) in [6.07, 6.45) is 3.13. The van der Waals surface area contributed by atoms with Crippen LogP contribution in [0.2, 0.25) is 0 Å². The fraction of sp³-hybridized carbons (Fsp3) is 0.292. The molecule has 0 atom stereocenters. The maximum Gasteiger partial charge on any atom is 0.324 e. The molecule has 0 spiro atoms. The zero-order valence-corrected chi connectivity index (χ0v) is 18.7. The number of hydrogen-bond acceptors (Lipinski definition) is 5. The van der Waals surface area contributed by atoms with Crippen LogP contribution >= 0.6 is 0 Å². The molecule has 9 heteroatoms. The third kappa shape index (κ3) is 5.08. The van der Waals surface area contributed by atoms with Crippen molar-refractivity contribution < 1.29 is 19.1 Å². The number of amides is 3. The molecule has 1 aliphatic heterocycles. The largest absolute Gasteiger partial charge is 0.497 e. The highest BCUT2D eigenvalue weighted by molar-refractivity contribution is 6.00. The lowest BCUT2D eigenvalue weighted by Crippen LogP contribution is -2.39. The molecule has 2 heterocycles. The SMILES string of the molecule is COc1cccc(C(=O)N2CCC(n3nccc3NC(=O)Nc3ccccc3OC)CC2)c1. The van der Waals surface area contributed by atoms with E-state index in [-0.39, 0.29) is 18.0 Å². The minimum atomic E-state index is -0.383. The third-order valence-electron chi connectivity index (χ3n) is 5.68. The first-order valence-corrected chi connectivity index (χ1v) is 10.8. The van der Waals surface area contributed by atoms with Crippen LogP contribution in [0, 0.1) is 0 Å². The normalized spacial score (nSPS) is 13.9. The van der Waals surface area contributed by atoms with Gasteiger partial charge < -0.3 is 19.7 Å². The van der Waals surface area contributed by atoms with Gasteiger partial charge in [-0.05, 0) is 43.2 Å². The Balaban J connectivity index is 1.36. The summed E-state index contributed by atoms with van der Waals surface area (Å²) in [7, 11) is 3.14. The molecule has 1 aliphatic rings. The highest BCUT2D eigenvalue weighted by Gasteiger charge is 2.26. The molecule has 3 amide bonds. The van der Waals surface area contributed by atoms with Crippen molar-refractivity contribution in [1.29, 1.82) is 0 Å². The van der Waals surface area contributed by atoms with Crippen LogP contribution in [0.3, 0.4) is 0 Å². The smallest absolute Gasteiger partial charge is 0.324 e. The molecule has 4 rings (SSSR count). The quantitative estimate of drug-likeness (QED) is 0.592. The van der Waals surface area contributed by atoms with Crippen molar-refractivity contribution in [3.05, 3.63) is 66.4 Å². The molecule has 0 unspecified atom stereocenters. The number of urea groups is 1. The van der Waals surface area contributed by atoms with Gasteiger partial charge in [0, 0.05) is 24.7 Å². The van der Waals surface area contributed by atoms with Gasteiger partial charge >= 0.3 is 6.03 Å². The molecular weight excluding hydrogens is 422 g/mol. The number of aromatic nitrogens is 2. The molecule has 1 fully saturated rings. The molecule has 0 radical (unpaired) electrons. The van der Waals surface area contributed by atoms with E-state index in [1.807, 2.05) is 33.8 Å². The first-order valence-electron chi connectivity index (χ1n) is 10.8. The van der Waals surface area contributed by atoms with Gasteiger partial charge in [0.25, 0.3) is 5.91 Å². The number of nitrogens with one attached hydrogen (secondary N) is 2. The standard InChI is InChI=1S/C24H27N5O4/c1-32-19-7-5-6-17(16-19)23(30)28-14-11-18(12-15-28)29-22(10-13-25-29)27-24(31)26-20-8-3-4-9-21(20)33-2/h3-10,13,16,18H,11-12,14-15H2,1-2H3,(H2,26,27,31). The zero-order chi connectivity index (χ0) is 23.2. The molecule has 9 nitrogen and oxygen atoms in total. The molecule has 33 heavy (non-hydrogen) atoms. The van der Waals surface area contributed by atoms with E-state index in [1.165, 1.54) is 0 Å². The van der Waals surface area contributed by atoms with Crippen LogP contribution in [-0.2, 0) is 0 Å². The van der Waals surface area contributed by atoms with Gasteiger partial charge in [-0.2, -0.15) is 5.10 Å². The van der Waals surface area contributed by atoms with Crippen LogP contribution < -0.4 is 20.1 Å². The van der Waals surface area contributed by atoms with Gasteiger partial charge in [-0.15, -0.1) is 0 Å². The van der Waals surface area contributed by atoms with E-state index in [1.54, 1.807) is 50.7 Å². The lowest BCUT2D eigenvalue weighted by atomic mass is 10.0. The Morgan fingerprint density at radius 1 is 0.970 bits per heavy atom. The third-order valence-corrected chi connectivity index (χ3v) is 5.68. The average molecular weight is 450 g/mol. The van der Waals surface area contributed by atoms with Crippen molar-refractivity contribution in [2.45, 2.75) is 18.9 Å². The highest BCUT2D eigenvalue weighted by Crippen LogP contribution is 2.27. The molecular formula is C24H27N5O4. The Hall–Kier alpha value is -4.01. The number of anilines is 2. The van der Waals surface area contributed by atoms with E-state index in [9.17, 15) is 9.59 Å². The summed E-state index contributed by atoms with van der Waals surface area (Å²) in [5.41, 5.74) is 1.19. The van der Waals surface area contributed by atoms with Crippen LogP contribution in [0.4, 0.5) is 16.3 Å². The summed E-state index contributed by atoms with van der Waals surface area (Å²) in [4.78, 5) is 27.3. The number of methoxy groups -OCH3 is 2. The number of nitrogens with zero attached hydrogens (tertiary/aromatic N) is 3. The van der Waals surface area contributed by atoms with Crippen LogP contribution in [0.15, 0.2) is 60.8 Å². The Kier molecular flexibility index (Phi) is 6.77. The first-order chi connectivity index (χ1) is 16.1. The van der Waals surface area contributed by atoms with Crippen LogP contribution in [0.25, 0.3) is 0 Å². The number of hydrogen-bond donors (Lipinski definition) is 2. The van der Waals surface area contributed by atoms with Gasteiger partial charge in [0.2, 0.25) is 0 Å². The number of likely N-dealkylation sites (tertiary alicyclic amines) is 1. The monoisotopic (exact) mass is 449 g/mol. The van der Waals surface area contributed by atoms with Crippen molar-refractivity contribution in [3.63, 3.8) is 0 Å². The predicted octanol–water partition coefficient (Wildman–Crippen LogP) is 4.02. The van der Waals surface area contributed by atoms with Crippen molar-refractivity contribution in [2.24, 2.45) is 0 Å². The van der Waals surface area contributed by atoms with Crippen LogP contribution in [0.1, 0.15) is 29.2 Å². The topological polar surface area (TPSA) is 97.7 Å². The Morgan fingerprint density at radius 3 is 2.52 bits per heavy atom. The first kappa shape index (κ1) is 22.2. The Bertz CT molecular complexity index is 1120. The maximum absolute atomic E-state index is 12.9. The van der Waals surface area contributed by atoms with Gasteiger partial charge in [-0.3, -0.25) is 10.1 Å². The van der Waals surface area contributed by atoms with E-state index in [2.05, 4.69) is 15.7 Å². The lowest BCUT2D eigenvalue weighted by molar-refractivity contribution is 0.0690. The molecule has 1 aromatic heterocycles. The number of rotatable bonds is 6. The van der Waals surface area contributed by atoms with Crippen molar-refractivity contribution >= 4 is 23.4 Å². The summed E-state index contributed by atoms with van der Waals surface area (Å²) in [5, 5.41) is 10.1. The van der Waals surface area contributed by atoms with Gasteiger partial charge in [0.05, 0.1) is 32.1 Å². The summed E-state index contributed by atoms with van der Waals surface area (Å²) in [5.74, 6) is 1.82. The molecule has 3 aromatic rings. The number of ether oxygens (including phenoxy) is 2. The molecule has 0 aliphatic carbocycles. The lowest BCUT2D eigenvalue weighted by Gasteiger charge is -2.32. The average Bonchev–Trinajstić information content (AvgIpc) is 3.32. The Morgan fingerprint density at radius 2 is 1.76 bits per heavy atom. The van der Waals surface area contributed by atoms with Crippen molar-refractivity contribution in [2.75, 3.05) is 37.9 Å². The van der Waals surface area contributed by atoms with E-state index in [0.29, 0.717) is 41.7 Å². The fourth-order valence-electron chi connectivity index (χ4n) is 3.97. The molecule has 172 valence electrons. The molecule has 2 aromatic carbocycles. The number of carbonyl (C=O) groups is 2. The van der Waals surface area contributed by atoms with Crippen molar-refractivity contribution in [1.82, 2.24) is 14.7 Å². The van der Waals surface area contributed by atoms with E-state index >= 15 is 0 Å².